The van der Waals surface area contributed by atoms with E-state index in [1.807, 2.05) is 0 Å². The van der Waals surface area contributed by atoms with Gasteiger partial charge in [0.15, 0.2) is 0 Å². The van der Waals surface area contributed by atoms with Crippen molar-refractivity contribution in [1.29, 1.82) is 0 Å². The maximum atomic E-state index is 11.5. The maximum absolute atomic E-state index is 11.5. The quantitative estimate of drug-likeness (QED) is 0.687. The van der Waals surface area contributed by atoms with Gasteiger partial charge < -0.3 is 15.0 Å². The minimum atomic E-state index is -0.625. The number of methoxy groups -OCH3 is 1. The van der Waals surface area contributed by atoms with E-state index in [1.54, 1.807) is 0 Å². The fraction of sp³-hybridized carbons (Fsp3) is 0.444. The van der Waals surface area contributed by atoms with Gasteiger partial charge in [0.25, 0.3) is 5.56 Å². The van der Waals surface area contributed by atoms with Crippen LogP contribution in [-0.2, 0) is 16.1 Å². The molecule has 8 heteroatoms. The molecule has 0 saturated heterocycles. The van der Waals surface area contributed by atoms with Gasteiger partial charge in [-0.1, -0.05) is 0 Å². The molecule has 0 spiro atoms. The van der Waals surface area contributed by atoms with Gasteiger partial charge in [-0.2, -0.15) is 0 Å². The molecule has 17 heavy (non-hydrogen) atoms. The number of amides is 1. The third-order valence-electron chi connectivity index (χ3n) is 1.95. The molecule has 0 saturated carbocycles. The Balaban J connectivity index is 2.75. The highest BCUT2D eigenvalue weighted by Crippen LogP contribution is 1.95. The van der Waals surface area contributed by atoms with Gasteiger partial charge in [0.05, 0.1) is 11.1 Å². The van der Waals surface area contributed by atoms with Crippen molar-refractivity contribution in [2.45, 2.75) is 6.54 Å². The van der Waals surface area contributed by atoms with E-state index in [0.717, 1.165) is 4.57 Å². The summed E-state index contributed by atoms with van der Waals surface area (Å²) in [5, 5.41) is 2.51. The number of halogens is 1. The summed E-state index contributed by atoms with van der Waals surface area (Å²) < 4.78 is 5.76. The average Bonchev–Trinajstić information content (AvgIpc) is 2.30. The molecule has 0 aliphatic rings. The lowest BCUT2D eigenvalue weighted by molar-refractivity contribution is -0.121. The molecule has 2 N–H and O–H groups in total. The number of hydrogen-bond donors (Lipinski definition) is 2. The van der Waals surface area contributed by atoms with Gasteiger partial charge in [0.1, 0.15) is 6.54 Å². The smallest absolute Gasteiger partial charge is 0.328 e. The van der Waals surface area contributed by atoms with Crippen molar-refractivity contribution in [3.8, 4) is 0 Å². The number of nitrogens with zero attached hydrogens (tertiary/aromatic N) is 1. The fourth-order valence-electron chi connectivity index (χ4n) is 1.12. The van der Waals surface area contributed by atoms with Gasteiger partial charge in [0.2, 0.25) is 5.91 Å². The summed E-state index contributed by atoms with van der Waals surface area (Å²) in [5.74, 6) is -0.423. The van der Waals surface area contributed by atoms with Crippen LogP contribution in [0.1, 0.15) is 0 Å². The Hall–Kier alpha value is -1.41. The third kappa shape index (κ3) is 3.82. The standard InChI is InChI=1S/C9H12BrN3O4/c1-17-3-2-11-7(14)5-13-8(15)6(10)4-12-9(13)16/h4H,2-3,5H2,1H3,(H,11,14)(H,12,16). The molecule has 94 valence electrons. The number of ether oxygens (including phenoxy) is 1. The number of rotatable bonds is 5. The molecule has 0 aliphatic heterocycles. The summed E-state index contributed by atoms with van der Waals surface area (Å²) in [6, 6.07) is 0. The molecule has 0 unspecified atom stereocenters. The van der Waals surface area contributed by atoms with Crippen LogP contribution in [-0.4, -0.2) is 35.7 Å². The minimum Gasteiger partial charge on any atom is -0.383 e. The molecule has 0 radical (unpaired) electrons. The Morgan fingerprint density at radius 3 is 2.94 bits per heavy atom. The van der Waals surface area contributed by atoms with Crippen molar-refractivity contribution in [2.24, 2.45) is 0 Å². The van der Waals surface area contributed by atoms with Crippen molar-refractivity contribution in [3.63, 3.8) is 0 Å². The molecule has 0 bridgehead atoms. The van der Waals surface area contributed by atoms with Crippen LogP contribution < -0.4 is 16.6 Å². The van der Waals surface area contributed by atoms with E-state index in [0.29, 0.717) is 13.2 Å². The number of carbonyl (C=O) groups is 1. The molecule has 1 aromatic rings. The molecule has 1 amide bonds. The van der Waals surface area contributed by atoms with Crippen molar-refractivity contribution >= 4 is 21.8 Å². The van der Waals surface area contributed by atoms with Gasteiger partial charge in [-0.15, -0.1) is 0 Å². The fourth-order valence-corrected chi connectivity index (χ4v) is 1.45. The molecule has 1 aromatic heterocycles. The number of hydrogen-bond acceptors (Lipinski definition) is 4. The Labute approximate surface area is 105 Å². The van der Waals surface area contributed by atoms with Crippen LogP contribution in [0.4, 0.5) is 0 Å². The molecular formula is C9H12BrN3O4. The first-order chi connectivity index (χ1) is 8.06. The van der Waals surface area contributed by atoms with E-state index in [4.69, 9.17) is 4.74 Å². The van der Waals surface area contributed by atoms with Crippen molar-refractivity contribution in [3.05, 3.63) is 31.5 Å². The Morgan fingerprint density at radius 2 is 2.29 bits per heavy atom. The zero-order chi connectivity index (χ0) is 12.8. The third-order valence-corrected chi connectivity index (χ3v) is 2.52. The summed E-state index contributed by atoms with van der Waals surface area (Å²) in [6.07, 6.45) is 1.24. The van der Waals surface area contributed by atoms with Crippen LogP contribution in [0, 0.1) is 0 Å². The van der Waals surface area contributed by atoms with E-state index in [9.17, 15) is 14.4 Å². The van der Waals surface area contributed by atoms with Crippen LogP contribution in [0.15, 0.2) is 20.3 Å². The predicted molar refractivity (Wildman–Crippen MR) is 63.9 cm³/mol. The number of carbonyl (C=O) groups excluding carboxylic acids is 1. The predicted octanol–water partition coefficient (Wildman–Crippen LogP) is -0.938. The second kappa shape index (κ2) is 6.36. The monoisotopic (exact) mass is 305 g/mol. The van der Waals surface area contributed by atoms with Gasteiger partial charge in [0, 0.05) is 19.9 Å². The van der Waals surface area contributed by atoms with Crippen LogP contribution in [0.5, 0.6) is 0 Å². The topological polar surface area (TPSA) is 93.2 Å². The number of H-pyrrole nitrogens is 1. The van der Waals surface area contributed by atoms with Gasteiger partial charge >= 0.3 is 5.69 Å². The first-order valence-corrected chi connectivity index (χ1v) is 5.59. The van der Waals surface area contributed by atoms with Gasteiger partial charge in [-0.05, 0) is 15.9 Å². The van der Waals surface area contributed by atoms with Gasteiger partial charge in [-0.3, -0.25) is 9.59 Å². The molecule has 1 heterocycles. The minimum absolute atomic E-state index is 0.196. The lowest BCUT2D eigenvalue weighted by atomic mass is 10.5. The highest BCUT2D eigenvalue weighted by molar-refractivity contribution is 9.10. The highest BCUT2D eigenvalue weighted by atomic mass is 79.9. The number of aromatic amines is 1. The number of aromatic nitrogens is 2. The first kappa shape index (κ1) is 13.7. The first-order valence-electron chi connectivity index (χ1n) is 4.80. The largest absolute Gasteiger partial charge is 0.383 e. The normalized spacial score (nSPS) is 10.2. The van der Waals surface area contributed by atoms with Crippen molar-refractivity contribution in [2.75, 3.05) is 20.3 Å². The highest BCUT2D eigenvalue weighted by Gasteiger charge is 2.09. The van der Waals surface area contributed by atoms with Gasteiger partial charge in [-0.25, -0.2) is 9.36 Å². The van der Waals surface area contributed by atoms with E-state index >= 15 is 0 Å². The van der Waals surface area contributed by atoms with E-state index in [2.05, 4.69) is 26.2 Å². The molecule has 0 atom stereocenters. The second-order valence-electron chi connectivity index (χ2n) is 3.18. The second-order valence-corrected chi connectivity index (χ2v) is 4.03. The van der Waals surface area contributed by atoms with Crippen LogP contribution in [0.3, 0.4) is 0 Å². The van der Waals surface area contributed by atoms with Crippen LogP contribution in [0.2, 0.25) is 0 Å². The Morgan fingerprint density at radius 1 is 1.59 bits per heavy atom. The SMILES string of the molecule is COCCNC(=O)Cn1c(=O)[nH]cc(Br)c1=O. The summed E-state index contributed by atoms with van der Waals surface area (Å²) >= 11 is 2.98. The zero-order valence-corrected chi connectivity index (χ0v) is 10.7. The molecule has 1 rings (SSSR count). The Bertz CT molecular complexity index is 508. The lowest BCUT2D eigenvalue weighted by Crippen LogP contribution is -2.41. The average molecular weight is 306 g/mol. The van der Waals surface area contributed by atoms with Crippen LogP contribution >= 0.6 is 15.9 Å². The lowest BCUT2D eigenvalue weighted by Gasteiger charge is -2.06. The molecule has 0 aliphatic carbocycles. The molecule has 7 nitrogen and oxygen atoms in total. The van der Waals surface area contributed by atoms with Crippen molar-refractivity contribution in [1.82, 2.24) is 14.9 Å². The molecule has 0 fully saturated rings. The number of nitrogens with one attached hydrogen (secondary N) is 2. The maximum Gasteiger partial charge on any atom is 0.328 e. The zero-order valence-electron chi connectivity index (χ0n) is 9.16. The van der Waals surface area contributed by atoms with Crippen molar-refractivity contribution < 1.29 is 9.53 Å². The molecule has 0 aromatic carbocycles. The summed E-state index contributed by atoms with van der Waals surface area (Å²) in [4.78, 5) is 36.6. The van der Waals surface area contributed by atoms with E-state index in [-0.39, 0.29) is 11.0 Å². The summed E-state index contributed by atoms with van der Waals surface area (Å²) in [7, 11) is 1.51. The van der Waals surface area contributed by atoms with E-state index < -0.39 is 17.2 Å². The van der Waals surface area contributed by atoms with E-state index in [1.165, 1.54) is 13.3 Å². The summed E-state index contributed by atoms with van der Waals surface area (Å²) in [6.45, 7) is 0.378. The van der Waals surface area contributed by atoms with Crippen LogP contribution in [0.25, 0.3) is 0 Å². The molecular weight excluding hydrogens is 294 g/mol. The Kier molecular flexibility index (Phi) is 5.11. The summed E-state index contributed by atoms with van der Waals surface area (Å²) in [5.41, 5.74) is -1.17.